The molecule has 3 rings (SSSR count). The van der Waals surface area contributed by atoms with Gasteiger partial charge in [0.2, 0.25) is 0 Å². The van der Waals surface area contributed by atoms with Gasteiger partial charge in [0.05, 0.1) is 24.6 Å². The summed E-state index contributed by atoms with van der Waals surface area (Å²) in [5.74, 6) is -0.336. The van der Waals surface area contributed by atoms with Crippen molar-refractivity contribution in [2.75, 3.05) is 7.11 Å². The highest BCUT2D eigenvalue weighted by molar-refractivity contribution is 9.10. The van der Waals surface area contributed by atoms with Gasteiger partial charge in [0, 0.05) is 16.2 Å². The lowest BCUT2D eigenvalue weighted by atomic mass is 10.1. The van der Waals surface area contributed by atoms with Crippen LogP contribution in [-0.4, -0.2) is 22.5 Å². The summed E-state index contributed by atoms with van der Waals surface area (Å²) in [4.78, 5) is 15.8. The molecule has 20 heavy (non-hydrogen) atoms. The minimum absolute atomic E-state index is 0.336. The molecule has 0 N–H and O–H groups in total. The fourth-order valence-electron chi connectivity index (χ4n) is 2.06. The van der Waals surface area contributed by atoms with Gasteiger partial charge in [0.1, 0.15) is 5.65 Å². The summed E-state index contributed by atoms with van der Waals surface area (Å²) in [5.41, 5.74) is 3.37. The Kier molecular flexibility index (Phi) is 3.28. The second-order valence-corrected chi connectivity index (χ2v) is 5.20. The normalized spacial score (nSPS) is 10.7. The molecule has 0 saturated heterocycles. The summed E-state index contributed by atoms with van der Waals surface area (Å²) in [6.45, 7) is 0. The second-order valence-electron chi connectivity index (χ2n) is 4.29. The van der Waals surface area contributed by atoms with Crippen LogP contribution in [0.2, 0.25) is 0 Å². The zero-order valence-corrected chi connectivity index (χ0v) is 12.3. The molecule has 0 aliphatic carbocycles. The molecule has 1 aromatic carbocycles. The van der Waals surface area contributed by atoms with E-state index < -0.39 is 0 Å². The summed E-state index contributed by atoms with van der Waals surface area (Å²) in [6, 6.07) is 11.2. The topological polar surface area (TPSA) is 43.6 Å². The quantitative estimate of drug-likeness (QED) is 0.675. The third-order valence-corrected chi connectivity index (χ3v) is 3.54. The maximum absolute atomic E-state index is 11.4. The first-order valence-corrected chi connectivity index (χ1v) is 6.80. The third-order valence-electron chi connectivity index (χ3n) is 3.07. The lowest BCUT2D eigenvalue weighted by molar-refractivity contribution is 0.0601. The van der Waals surface area contributed by atoms with Gasteiger partial charge < -0.3 is 4.74 Å². The molecule has 0 atom stereocenters. The van der Waals surface area contributed by atoms with Crippen LogP contribution in [0.5, 0.6) is 0 Å². The zero-order valence-electron chi connectivity index (χ0n) is 10.7. The fourth-order valence-corrected chi connectivity index (χ4v) is 2.40. The van der Waals surface area contributed by atoms with E-state index >= 15 is 0 Å². The first-order chi connectivity index (χ1) is 9.69. The smallest absolute Gasteiger partial charge is 0.337 e. The molecule has 0 radical (unpaired) electrons. The molecule has 0 aliphatic heterocycles. The highest BCUT2D eigenvalue weighted by atomic mass is 79.9. The van der Waals surface area contributed by atoms with Crippen molar-refractivity contribution in [1.82, 2.24) is 9.38 Å². The summed E-state index contributed by atoms with van der Waals surface area (Å²) in [7, 11) is 1.37. The van der Waals surface area contributed by atoms with Crippen molar-refractivity contribution in [2.24, 2.45) is 0 Å². The number of benzene rings is 1. The van der Waals surface area contributed by atoms with Gasteiger partial charge in [0.15, 0.2) is 0 Å². The molecule has 0 bridgehead atoms. The molecule has 2 aromatic heterocycles. The Hall–Kier alpha value is -2.14. The van der Waals surface area contributed by atoms with E-state index in [9.17, 15) is 4.79 Å². The van der Waals surface area contributed by atoms with Crippen molar-refractivity contribution < 1.29 is 9.53 Å². The average molecular weight is 331 g/mol. The SMILES string of the molecule is COC(=O)c1ccc(-c2cnc3ccc(Br)cn23)cc1. The van der Waals surface area contributed by atoms with E-state index in [0.29, 0.717) is 5.56 Å². The van der Waals surface area contributed by atoms with Crippen molar-refractivity contribution in [3.63, 3.8) is 0 Å². The Bertz CT molecular complexity index is 778. The predicted octanol–water partition coefficient (Wildman–Crippen LogP) is 3.55. The van der Waals surface area contributed by atoms with Crippen molar-refractivity contribution in [2.45, 2.75) is 0 Å². The van der Waals surface area contributed by atoms with E-state index in [1.54, 1.807) is 12.1 Å². The van der Waals surface area contributed by atoms with Crippen molar-refractivity contribution in [3.05, 3.63) is 58.8 Å². The number of rotatable bonds is 2. The van der Waals surface area contributed by atoms with Crippen LogP contribution in [0.1, 0.15) is 10.4 Å². The maximum atomic E-state index is 11.4. The van der Waals surface area contributed by atoms with Gasteiger partial charge in [-0.3, -0.25) is 4.40 Å². The Morgan fingerprint density at radius 3 is 2.65 bits per heavy atom. The van der Waals surface area contributed by atoms with Crippen LogP contribution in [-0.2, 0) is 4.74 Å². The summed E-state index contributed by atoms with van der Waals surface area (Å²) in [6.07, 6.45) is 3.78. The number of esters is 1. The zero-order chi connectivity index (χ0) is 14.1. The number of imidazole rings is 1. The van der Waals surface area contributed by atoms with Gasteiger partial charge in [-0.1, -0.05) is 12.1 Å². The number of pyridine rings is 1. The number of ether oxygens (including phenoxy) is 1. The van der Waals surface area contributed by atoms with Gasteiger partial charge in [-0.2, -0.15) is 0 Å². The largest absolute Gasteiger partial charge is 0.465 e. The number of nitrogens with zero attached hydrogens (tertiary/aromatic N) is 2. The van der Waals surface area contributed by atoms with Crippen molar-refractivity contribution in [3.8, 4) is 11.3 Å². The molecular formula is C15H11BrN2O2. The highest BCUT2D eigenvalue weighted by Gasteiger charge is 2.08. The van der Waals surface area contributed by atoms with E-state index in [1.807, 2.05) is 41.1 Å². The number of hydrogen-bond acceptors (Lipinski definition) is 3. The number of hydrogen-bond donors (Lipinski definition) is 0. The predicted molar refractivity (Wildman–Crippen MR) is 79.7 cm³/mol. The molecule has 5 heteroatoms. The molecule has 0 spiro atoms. The molecule has 4 nitrogen and oxygen atoms in total. The molecule has 100 valence electrons. The number of aromatic nitrogens is 2. The maximum Gasteiger partial charge on any atom is 0.337 e. The second kappa shape index (κ2) is 5.09. The number of methoxy groups -OCH3 is 1. The summed E-state index contributed by atoms with van der Waals surface area (Å²) >= 11 is 3.45. The van der Waals surface area contributed by atoms with Crippen LogP contribution in [0, 0.1) is 0 Å². The minimum Gasteiger partial charge on any atom is -0.465 e. The Morgan fingerprint density at radius 1 is 1.20 bits per heavy atom. The Labute approximate surface area is 124 Å². The lowest BCUT2D eigenvalue weighted by Gasteiger charge is -2.04. The standard InChI is InChI=1S/C15H11BrN2O2/c1-20-15(19)11-4-2-10(3-5-11)13-8-17-14-7-6-12(16)9-18(13)14/h2-9H,1H3. The molecule has 0 aliphatic rings. The molecule has 2 heterocycles. The van der Waals surface area contributed by atoms with Crippen LogP contribution in [0.3, 0.4) is 0 Å². The lowest BCUT2D eigenvalue weighted by Crippen LogP contribution is -2.00. The molecule has 0 unspecified atom stereocenters. The summed E-state index contributed by atoms with van der Waals surface area (Å²) in [5, 5.41) is 0. The van der Waals surface area contributed by atoms with Crippen LogP contribution >= 0.6 is 15.9 Å². The number of carbonyl (C=O) groups is 1. The van der Waals surface area contributed by atoms with E-state index in [4.69, 9.17) is 4.74 Å². The van der Waals surface area contributed by atoms with E-state index in [0.717, 1.165) is 21.4 Å². The van der Waals surface area contributed by atoms with Gasteiger partial charge >= 0.3 is 5.97 Å². The molecule has 3 aromatic rings. The van der Waals surface area contributed by atoms with Crippen molar-refractivity contribution >= 4 is 27.5 Å². The van der Waals surface area contributed by atoms with E-state index in [2.05, 4.69) is 20.9 Å². The Morgan fingerprint density at radius 2 is 1.95 bits per heavy atom. The van der Waals surface area contributed by atoms with E-state index in [-0.39, 0.29) is 5.97 Å². The van der Waals surface area contributed by atoms with Crippen molar-refractivity contribution in [1.29, 1.82) is 0 Å². The highest BCUT2D eigenvalue weighted by Crippen LogP contribution is 2.23. The minimum atomic E-state index is -0.336. The van der Waals surface area contributed by atoms with Gasteiger partial charge in [-0.15, -0.1) is 0 Å². The number of halogens is 1. The van der Waals surface area contributed by atoms with Crippen LogP contribution < -0.4 is 0 Å². The molecular weight excluding hydrogens is 320 g/mol. The summed E-state index contributed by atoms with van der Waals surface area (Å²) < 4.78 is 7.67. The van der Waals surface area contributed by atoms with Gasteiger partial charge in [-0.25, -0.2) is 9.78 Å². The number of fused-ring (bicyclic) bond motifs is 1. The van der Waals surface area contributed by atoms with E-state index in [1.165, 1.54) is 7.11 Å². The van der Waals surface area contributed by atoms with Gasteiger partial charge in [-0.05, 0) is 40.2 Å². The Balaban J connectivity index is 2.07. The molecule has 0 fully saturated rings. The first kappa shape index (κ1) is 12.9. The van der Waals surface area contributed by atoms with Crippen LogP contribution in [0.4, 0.5) is 0 Å². The average Bonchev–Trinajstić information content (AvgIpc) is 2.89. The first-order valence-electron chi connectivity index (χ1n) is 6.00. The number of carbonyl (C=O) groups excluding carboxylic acids is 1. The van der Waals surface area contributed by atoms with Crippen LogP contribution in [0.25, 0.3) is 16.9 Å². The van der Waals surface area contributed by atoms with Crippen LogP contribution in [0.15, 0.2) is 53.3 Å². The molecule has 0 amide bonds. The molecule has 0 saturated carbocycles. The monoisotopic (exact) mass is 330 g/mol. The third kappa shape index (κ3) is 2.20. The van der Waals surface area contributed by atoms with Gasteiger partial charge in [0.25, 0.3) is 0 Å². The fraction of sp³-hybridized carbons (Fsp3) is 0.0667.